The molecule has 2 fully saturated rings. The Balaban J connectivity index is 1.36. The van der Waals surface area contributed by atoms with Crippen LogP contribution in [0.5, 0.6) is 5.75 Å². The zero-order valence-electron chi connectivity index (χ0n) is 18.4. The summed E-state index contributed by atoms with van der Waals surface area (Å²) in [4.78, 5) is 14.6. The van der Waals surface area contributed by atoms with E-state index in [0.29, 0.717) is 24.1 Å². The largest absolute Gasteiger partial charge is 0.494 e. The van der Waals surface area contributed by atoms with Crippen molar-refractivity contribution < 1.29 is 9.53 Å². The first-order valence-electron chi connectivity index (χ1n) is 11.4. The second-order valence-corrected chi connectivity index (χ2v) is 8.66. The summed E-state index contributed by atoms with van der Waals surface area (Å²) in [5.74, 6) is 1.28. The summed E-state index contributed by atoms with van der Waals surface area (Å²) in [6.07, 6.45) is 4.33. The van der Waals surface area contributed by atoms with E-state index in [1.165, 1.54) is 5.56 Å². The smallest absolute Gasteiger partial charge is 0.227 e. The Morgan fingerprint density at radius 2 is 1.87 bits per heavy atom. The third-order valence-corrected chi connectivity index (χ3v) is 6.46. The monoisotopic (exact) mass is 417 g/mol. The Morgan fingerprint density at radius 1 is 1.16 bits per heavy atom. The summed E-state index contributed by atoms with van der Waals surface area (Å²) in [5.41, 5.74) is 4.08. The summed E-state index contributed by atoms with van der Waals surface area (Å²) in [5, 5.41) is 12.7. The number of hydrogen-bond donors (Lipinski definition) is 1. The van der Waals surface area contributed by atoms with Gasteiger partial charge in [0.15, 0.2) is 0 Å². The average molecular weight is 418 g/mol. The summed E-state index contributed by atoms with van der Waals surface area (Å²) < 4.78 is 5.53. The van der Waals surface area contributed by atoms with Crippen molar-refractivity contribution in [1.29, 1.82) is 5.26 Å². The van der Waals surface area contributed by atoms with Crippen LogP contribution >= 0.6 is 0 Å². The Labute approximate surface area is 185 Å². The number of hydrogen-bond acceptors (Lipinski definition) is 4. The molecule has 0 spiro atoms. The lowest BCUT2D eigenvalue weighted by Crippen LogP contribution is -2.33. The zero-order valence-corrected chi connectivity index (χ0v) is 18.4. The van der Waals surface area contributed by atoms with Gasteiger partial charge in [0.2, 0.25) is 5.91 Å². The van der Waals surface area contributed by atoms with Gasteiger partial charge in [-0.1, -0.05) is 24.3 Å². The van der Waals surface area contributed by atoms with Gasteiger partial charge in [-0.05, 0) is 74.8 Å². The van der Waals surface area contributed by atoms with Crippen molar-refractivity contribution in [2.24, 2.45) is 0 Å². The molecule has 5 heteroatoms. The molecule has 0 radical (unpaired) electrons. The van der Waals surface area contributed by atoms with Gasteiger partial charge in [-0.3, -0.25) is 4.79 Å². The van der Waals surface area contributed by atoms with Gasteiger partial charge in [-0.25, -0.2) is 0 Å². The van der Waals surface area contributed by atoms with Gasteiger partial charge in [0.25, 0.3) is 0 Å². The molecule has 31 heavy (non-hydrogen) atoms. The number of benzene rings is 2. The van der Waals surface area contributed by atoms with Gasteiger partial charge in [-0.15, -0.1) is 0 Å². The molecule has 1 amide bonds. The fourth-order valence-electron chi connectivity index (χ4n) is 4.35. The van der Waals surface area contributed by atoms with Crippen molar-refractivity contribution in [2.75, 3.05) is 24.6 Å². The minimum Gasteiger partial charge on any atom is -0.494 e. The lowest BCUT2D eigenvalue weighted by atomic mass is 9.87. The van der Waals surface area contributed by atoms with Crippen LogP contribution in [0.2, 0.25) is 0 Å². The fourth-order valence-corrected chi connectivity index (χ4v) is 4.35. The minimum absolute atomic E-state index is 0.111. The number of ether oxygens (including phenoxy) is 1. The number of piperidine rings is 1. The van der Waals surface area contributed by atoms with E-state index in [1.807, 2.05) is 32.0 Å². The quantitative estimate of drug-likeness (QED) is 0.708. The number of nitrogens with zero attached hydrogens (tertiary/aromatic N) is 2. The second-order valence-electron chi connectivity index (χ2n) is 8.66. The molecule has 0 aromatic heterocycles. The van der Waals surface area contributed by atoms with E-state index < -0.39 is 0 Å². The van der Waals surface area contributed by atoms with Crippen LogP contribution in [-0.2, 0) is 4.79 Å². The third kappa shape index (κ3) is 5.02. The number of rotatable bonds is 7. The van der Waals surface area contributed by atoms with Crippen LogP contribution in [-0.4, -0.2) is 31.6 Å². The summed E-state index contributed by atoms with van der Waals surface area (Å²) in [6.45, 7) is 6.37. The van der Waals surface area contributed by atoms with E-state index in [0.717, 1.165) is 55.8 Å². The van der Waals surface area contributed by atoms with E-state index in [-0.39, 0.29) is 11.8 Å². The zero-order chi connectivity index (χ0) is 21.8. The summed E-state index contributed by atoms with van der Waals surface area (Å²) >= 11 is 0. The molecule has 1 atom stereocenters. The maximum absolute atomic E-state index is 12.3. The number of anilines is 1. The third-order valence-electron chi connectivity index (χ3n) is 6.46. The van der Waals surface area contributed by atoms with Gasteiger partial charge >= 0.3 is 0 Å². The topological polar surface area (TPSA) is 65.4 Å². The first-order valence-corrected chi connectivity index (χ1v) is 11.4. The van der Waals surface area contributed by atoms with Crippen molar-refractivity contribution in [2.45, 2.75) is 57.4 Å². The SMILES string of the molecule is CCOc1ccc(N2CCC(c3ccc(C(C)C(=O)NC4CC4)cc3)CC2)c(C#N)c1. The number of carbonyl (C=O) groups excluding carboxylic acids is 1. The molecule has 1 aliphatic heterocycles. The highest BCUT2D eigenvalue weighted by atomic mass is 16.5. The molecule has 5 nitrogen and oxygen atoms in total. The Bertz CT molecular complexity index is 952. The summed E-state index contributed by atoms with van der Waals surface area (Å²) in [7, 11) is 0. The van der Waals surface area contributed by atoms with Gasteiger partial charge in [0.05, 0.1) is 23.8 Å². The van der Waals surface area contributed by atoms with E-state index in [9.17, 15) is 10.1 Å². The minimum atomic E-state index is -0.111. The molecule has 1 unspecified atom stereocenters. The maximum atomic E-state index is 12.3. The predicted octanol–water partition coefficient (Wildman–Crippen LogP) is 4.72. The van der Waals surface area contributed by atoms with Crippen LogP contribution < -0.4 is 15.0 Å². The predicted molar refractivity (Wildman–Crippen MR) is 123 cm³/mol. The summed E-state index contributed by atoms with van der Waals surface area (Å²) in [6, 6.07) is 17.1. The first-order chi connectivity index (χ1) is 15.1. The molecule has 0 bridgehead atoms. The Hall–Kier alpha value is -3.00. The Kier molecular flexibility index (Phi) is 6.46. The maximum Gasteiger partial charge on any atom is 0.227 e. The van der Waals surface area contributed by atoms with Crippen LogP contribution in [0, 0.1) is 11.3 Å². The standard InChI is InChI=1S/C26H31N3O2/c1-3-31-24-10-11-25(22(16-24)17-27)29-14-12-21(13-15-29)20-6-4-19(5-7-20)18(2)26(30)28-23-8-9-23/h4-7,10-11,16,18,21,23H,3,8-9,12-15H2,1-2H3,(H,28,30). The fraction of sp³-hybridized carbons (Fsp3) is 0.462. The van der Waals surface area contributed by atoms with Crippen molar-refractivity contribution in [3.8, 4) is 11.8 Å². The van der Waals surface area contributed by atoms with Crippen LogP contribution in [0.1, 0.15) is 68.1 Å². The van der Waals surface area contributed by atoms with Crippen molar-refractivity contribution in [3.05, 3.63) is 59.2 Å². The van der Waals surface area contributed by atoms with Gasteiger partial charge < -0.3 is 15.0 Å². The molecular formula is C26H31N3O2. The van der Waals surface area contributed by atoms with Crippen LogP contribution in [0.4, 0.5) is 5.69 Å². The molecule has 162 valence electrons. The molecular weight excluding hydrogens is 386 g/mol. The lowest BCUT2D eigenvalue weighted by molar-refractivity contribution is -0.122. The second kappa shape index (κ2) is 9.43. The van der Waals surface area contributed by atoms with E-state index in [1.54, 1.807) is 0 Å². The molecule has 1 saturated heterocycles. The van der Waals surface area contributed by atoms with Gasteiger partial charge in [0, 0.05) is 19.1 Å². The Morgan fingerprint density at radius 3 is 2.48 bits per heavy atom. The van der Waals surface area contributed by atoms with Crippen LogP contribution in [0.25, 0.3) is 0 Å². The molecule has 1 aliphatic carbocycles. The number of carbonyl (C=O) groups is 1. The molecule has 1 heterocycles. The van der Waals surface area contributed by atoms with E-state index >= 15 is 0 Å². The molecule has 2 aromatic rings. The molecule has 4 rings (SSSR count). The number of amides is 1. The first kappa shape index (κ1) is 21.2. The molecule has 2 aromatic carbocycles. The van der Waals surface area contributed by atoms with Gasteiger partial charge in [0.1, 0.15) is 11.8 Å². The molecule has 2 aliphatic rings. The van der Waals surface area contributed by atoms with Crippen molar-refractivity contribution in [1.82, 2.24) is 5.32 Å². The highest BCUT2D eigenvalue weighted by Crippen LogP contribution is 2.33. The van der Waals surface area contributed by atoms with E-state index in [4.69, 9.17) is 4.74 Å². The lowest BCUT2D eigenvalue weighted by Gasteiger charge is -2.34. The average Bonchev–Trinajstić information content (AvgIpc) is 3.63. The highest BCUT2D eigenvalue weighted by molar-refractivity contribution is 5.83. The van der Waals surface area contributed by atoms with Crippen molar-refractivity contribution in [3.63, 3.8) is 0 Å². The number of nitriles is 1. The van der Waals surface area contributed by atoms with Gasteiger partial charge in [-0.2, -0.15) is 5.26 Å². The van der Waals surface area contributed by atoms with E-state index in [2.05, 4.69) is 40.6 Å². The van der Waals surface area contributed by atoms with Crippen LogP contribution in [0.15, 0.2) is 42.5 Å². The van der Waals surface area contributed by atoms with Crippen LogP contribution in [0.3, 0.4) is 0 Å². The molecule has 1 N–H and O–H groups in total. The van der Waals surface area contributed by atoms with Crippen molar-refractivity contribution >= 4 is 11.6 Å². The highest BCUT2D eigenvalue weighted by Gasteiger charge is 2.27. The normalized spacial score (nSPS) is 17.6. The number of nitrogens with one attached hydrogen (secondary N) is 1. The molecule has 1 saturated carbocycles.